The van der Waals surface area contributed by atoms with E-state index in [1.807, 2.05) is 5.01 Å². The molecule has 12 heteroatoms. The molecule has 4 fully saturated rings. The molecule has 0 spiro atoms. The Morgan fingerprint density at radius 2 is 2.00 bits per heavy atom. The van der Waals surface area contributed by atoms with E-state index < -0.39 is 24.1 Å². The minimum atomic E-state index is -4.17. The number of amides is 1. The molecule has 0 aromatic rings. The second-order valence-electron chi connectivity index (χ2n) is 8.71. The first-order chi connectivity index (χ1) is 14.4. The van der Waals surface area contributed by atoms with E-state index in [0.29, 0.717) is 39.1 Å². The summed E-state index contributed by atoms with van der Waals surface area (Å²) in [5.74, 6) is -1.91. The smallest absolute Gasteiger partial charge is 0.349 e. The molecule has 4 rings (SSSR count). The minimum Gasteiger partial charge on any atom is -0.349 e. The molecule has 6 N–H and O–H groups in total. The van der Waals surface area contributed by atoms with Gasteiger partial charge in [0.05, 0.1) is 18.1 Å². The molecule has 0 saturated carbocycles. The number of carbonyl (C=O) groups excluding carboxylic acids is 1. The Labute approximate surface area is 174 Å². The van der Waals surface area contributed by atoms with Crippen LogP contribution < -0.4 is 32.2 Å². The van der Waals surface area contributed by atoms with E-state index in [1.165, 1.54) is 0 Å². The van der Waals surface area contributed by atoms with Gasteiger partial charge >= 0.3 is 6.18 Å². The number of rotatable bonds is 5. The van der Waals surface area contributed by atoms with Gasteiger partial charge in [0, 0.05) is 38.8 Å². The highest BCUT2D eigenvalue weighted by molar-refractivity contribution is 5.82. The van der Waals surface area contributed by atoms with Gasteiger partial charge in [-0.05, 0) is 38.4 Å². The van der Waals surface area contributed by atoms with Crippen molar-refractivity contribution in [1.29, 1.82) is 0 Å². The average Bonchev–Trinajstić information content (AvgIpc) is 3.38. The normalized spacial score (nSPS) is 38.6. The first-order valence-electron chi connectivity index (χ1n) is 10.8. The van der Waals surface area contributed by atoms with E-state index in [2.05, 4.69) is 32.2 Å². The minimum absolute atomic E-state index is 0.0563. The Hall–Kier alpha value is -1.02. The number of nitrogens with zero attached hydrogens (tertiary/aromatic N) is 1. The fourth-order valence-corrected chi connectivity index (χ4v) is 4.87. The Morgan fingerprint density at radius 3 is 2.77 bits per heavy atom. The lowest BCUT2D eigenvalue weighted by atomic mass is 9.85. The highest BCUT2D eigenvalue weighted by Crippen LogP contribution is 2.36. The molecule has 4 aliphatic rings. The van der Waals surface area contributed by atoms with E-state index in [1.54, 1.807) is 0 Å². The Morgan fingerprint density at radius 1 is 1.17 bits per heavy atom. The summed E-state index contributed by atoms with van der Waals surface area (Å²) in [5, 5.41) is 14.4. The highest BCUT2D eigenvalue weighted by Gasteiger charge is 2.46. The zero-order valence-corrected chi connectivity index (χ0v) is 16.9. The van der Waals surface area contributed by atoms with Crippen molar-refractivity contribution in [3.8, 4) is 0 Å². The van der Waals surface area contributed by atoms with Crippen LogP contribution in [0.3, 0.4) is 0 Å². The van der Waals surface area contributed by atoms with Gasteiger partial charge in [0.15, 0.2) is 0 Å². The molecule has 9 nitrogen and oxygen atoms in total. The fourth-order valence-electron chi connectivity index (χ4n) is 4.87. The number of nitrogens with one attached hydrogen (secondary N) is 6. The first kappa shape index (κ1) is 22.2. The van der Waals surface area contributed by atoms with Crippen molar-refractivity contribution in [3.63, 3.8) is 0 Å². The Kier molecular flexibility index (Phi) is 7.12. The van der Waals surface area contributed by atoms with Crippen LogP contribution in [0.2, 0.25) is 0 Å². The van der Waals surface area contributed by atoms with Gasteiger partial charge in [-0.1, -0.05) is 0 Å². The molecule has 1 amide bonds. The molecule has 30 heavy (non-hydrogen) atoms. The van der Waals surface area contributed by atoms with Crippen molar-refractivity contribution < 1.29 is 22.8 Å². The summed E-state index contributed by atoms with van der Waals surface area (Å²) in [7, 11) is 0. The lowest BCUT2D eigenvalue weighted by Gasteiger charge is -2.35. The van der Waals surface area contributed by atoms with Gasteiger partial charge < -0.3 is 16.0 Å². The molecule has 0 bridgehead atoms. The van der Waals surface area contributed by atoms with E-state index >= 15 is 0 Å². The van der Waals surface area contributed by atoms with Crippen LogP contribution >= 0.6 is 0 Å². The number of halogens is 3. The van der Waals surface area contributed by atoms with Crippen LogP contribution in [0.1, 0.15) is 19.3 Å². The predicted octanol–water partition coefficient (Wildman–Crippen LogP) is -1.35. The number of alkyl halides is 3. The molecular formula is C18H32F3N7O2. The van der Waals surface area contributed by atoms with Crippen molar-refractivity contribution in [3.05, 3.63) is 0 Å². The summed E-state index contributed by atoms with van der Waals surface area (Å²) >= 11 is 0. The molecule has 6 atom stereocenters. The quantitative estimate of drug-likeness (QED) is 0.315. The van der Waals surface area contributed by atoms with Crippen molar-refractivity contribution in [2.75, 3.05) is 45.9 Å². The first-order valence-corrected chi connectivity index (χ1v) is 10.8. The SMILES string of the molecule is O=C(NC1CNN(CC2CNCCC2C(F)(F)F)C1)C1CC(C2CCNCN2)ON1. The number of hydroxylamine groups is 1. The fraction of sp³-hybridized carbons (Fsp3) is 0.944. The summed E-state index contributed by atoms with van der Waals surface area (Å²) in [6.07, 6.45) is -2.58. The molecule has 0 radical (unpaired) electrons. The third-order valence-electron chi connectivity index (χ3n) is 6.55. The maximum atomic E-state index is 13.3. The molecule has 172 valence electrons. The van der Waals surface area contributed by atoms with Gasteiger partial charge in [-0.3, -0.25) is 20.4 Å². The van der Waals surface area contributed by atoms with E-state index in [-0.39, 0.29) is 30.5 Å². The lowest BCUT2D eigenvalue weighted by Crippen LogP contribution is -2.50. The summed E-state index contributed by atoms with van der Waals surface area (Å²) in [4.78, 5) is 18.2. The van der Waals surface area contributed by atoms with Gasteiger partial charge in [0.2, 0.25) is 5.91 Å². The number of carbonyl (C=O) groups is 1. The van der Waals surface area contributed by atoms with Crippen molar-refractivity contribution in [1.82, 2.24) is 37.2 Å². The second-order valence-corrected chi connectivity index (χ2v) is 8.71. The molecule has 4 aliphatic heterocycles. The molecule has 4 saturated heterocycles. The maximum Gasteiger partial charge on any atom is 0.392 e. The van der Waals surface area contributed by atoms with Crippen LogP contribution in [-0.4, -0.2) is 87.3 Å². The van der Waals surface area contributed by atoms with Crippen LogP contribution in [0.25, 0.3) is 0 Å². The highest BCUT2D eigenvalue weighted by atomic mass is 19.4. The monoisotopic (exact) mass is 435 g/mol. The number of piperidine rings is 1. The lowest BCUT2D eigenvalue weighted by molar-refractivity contribution is -0.196. The van der Waals surface area contributed by atoms with Crippen LogP contribution in [0.15, 0.2) is 0 Å². The summed E-state index contributed by atoms with van der Waals surface area (Å²) in [6, 6.07) is -0.347. The van der Waals surface area contributed by atoms with Crippen LogP contribution in [0.4, 0.5) is 13.2 Å². The Bertz CT molecular complexity index is 591. The molecule has 0 aromatic carbocycles. The third-order valence-corrected chi connectivity index (χ3v) is 6.55. The van der Waals surface area contributed by atoms with Crippen LogP contribution in [0.5, 0.6) is 0 Å². The molecule has 0 aromatic heterocycles. The molecule has 0 aliphatic carbocycles. The van der Waals surface area contributed by atoms with Crippen molar-refractivity contribution in [2.24, 2.45) is 11.8 Å². The van der Waals surface area contributed by atoms with Gasteiger partial charge in [-0.2, -0.15) is 18.7 Å². The predicted molar refractivity (Wildman–Crippen MR) is 103 cm³/mol. The van der Waals surface area contributed by atoms with Gasteiger partial charge in [0.1, 0.15) is 6.04 Å². The molecular weight excluding hydrogens is 403 g/mol. The van der Waals surface area contributed by atoms with Crippen molar-refractivity contribution >= 4 is 5.91 Å². The van der Waals surface area contributed by atoms with Crippen LogP contribution in [0, 0.1) is 11.8 Å². The number of hydrazine groups is 1. The summed E-state index contributed by atoms with van der Waals surface area (Å²) in [5.41, 5.74) is 5.97. The second kappa shape index (κ2) is 9.63. The van der Waals surface area contributed by atoms with Crippen LogP contribution in [-0.2, 0) is 9.63 Å². The number of hydrogen-bond acceptors (Lipinski definition) is 8. The van der Waals surface area contributed by atoms with E-state index in [9.17, 15) is 18.0 Å². The van der Waals surface area contributed by atoms with E-state index in [4.69, 9.17) is 4.84 Å². The zero-order chi connectivity index (χ0) is 21.1. The zero-order valence-electron chi connectivity index (χ0n) is 16.9. The topological polar surface area (TPSA) is 102 Å². The maximum absolute atomic E-state index is 13.3. The van der Waals surface area contributed by atoms with Gasteiger partial charge in [-0.15, -0.1) is 0 Å². The van der Waals surface area contributed by atoms with Crippen molar-refractivity contribution in [2.45, 2.75) is 49.7 Å². The molecule has 4 heterocycles. The summed E-state index contributed by atoms with van der Waals surface area (Å²) < 4.78 is 39.9. The standard InChI is InChI=1S/C18H32F3N7O2/c19-18(20,21)13-1-3-22-6-11(13)8-28-9-12(7-25-28)26-17(29)15-5-16(30-27-15)14-2-4-23-10-24-14/h11-16,22-25,27H,1-10H2,(H,26,29). The van der Waals surface area contributed by atoms with Gasteiger partial charge in [-0.25, -0.2) is 5.01 Å². The molecule has 6 unspecified atom stereocenters. The van der Waals surface area contributed by atoms with Gasteiger partial charge in [0.25, 0.3) is 0 Å². The van der Waals surface area contributed by atoms with E-state index in [0.717, 1.165) is 19.6 Å². The third kappa shape index (κ3) is 5.42. The average molecular weight is 435 g/mol. The largest absolute Gasteiger partial charge is 0.392 e. The number of hydrogen-bond donors (Lipinski definition) is 6. The Balaban J connectivity index is 1.21. The summed E-state index contributed by atoms with van der Waals surface area (Å²) in [6.45, 7) is 3.71.